The van der Waals surface area contributed by atoms with Crippen molar-refractivity contribution < 1.29 is 9.59 Å². The summed E-state index contributed by atoms with van der Waals surface area (Å²) in [6.07, 6.45) is 2.47. The fourth-order valence-electron chi connectivity index (χ4n) is 3.51. The van der Waals surface area contributed by atoms with Crippen LogP contribution < -0.4 is 5.32 Å². The molecule has 1 aliphatic carbocycles. The van der Waals surface area contributed by atoms with Crippen molar-refractivity contribution in [3.05, 3.63) is 35.0 Å². The highest BCUT2D eigenvalue weighted by Crippen LogP contribution is 2.40. The number of aryl methyl sites for hydroxylation is 1. The normalized spacial score (nSPS) is 17.6. The number of hydrogen-bond acceptors (Lipinski definition) is 4. The number of aromatic nitrogens is 1. The van der Waals surface area contributed by atoms with Crippen molar-refractivity contribution in [2.45, 2.75) is 46.2 Å². The summed E-state index contributed by atoms with van der Waals surface area (Å²) in [5, 5.41) is 3.35. The van der Waals surface area contributed by atoms with Crippen LogP contribution in [0.5, 0.6) is 0 Å². The minimum absolute atomic E-state index is 0.121. The molecule has 1 aliphatic heterocycles. The molecule has 6 heteroatoms. The van der Waals surface area contributed by atoms with Crippen molar-refractivity contribution >= 4 is 28.3 Å². The first-order valence-corrected chi connectivity index (χ1v) is 9.45. The van der Waals surface area contributed by atoms with Gasteiger partial charge in [-0.1, -0.05) is 17.4 Å². The van der Waals surface area contributed by atoms with Crippen LogP contribution in [0.3, 0.4) is 0 Å². The Hall–Kier alpha value is -2.21. The highest BCUT2D eigenvalue weighted by molar-refractivity contribution is 7.19. The zero-order chi connectivity index (χ0) is 17.7. The van der Waals surface area contributed by atoms with Gasteiger partial charge in [-0.15, -0.1) is 0 Å². The Morgan fingerprint density at radius 3 is 2.84 bits per heavy atom. The summed E-state index contributed by atoms with van der Waals surface area (Å²) in [7, 11) is 0. The monoisotopic (exact) mass is 355 g/mol. The van der Waals surface area contributed by atoms with Gasteiger partial charge in [0.05, 0.1) is 10.6 Å². The Kier molecular flexibility index (Phi) is 3.87. The van der Waals surface area contributed by atoms with Gasteiger partial charge in [0.2, 0.25) is 5.91 Å². The van der Waals surface area contributed by atoms with Crippen molar-refractivity contribution in [2.24, 2.45) is 5.92 Å². The van der Waals surface area contributed by atoms with Crippen LogP contribution in [-0.2, 0) is 11.3 Å². The van der Waals surface area contributed by atoms with E-state index in [1.165, 1.54) is 31.1 Å². The number of fused-ring (bicyclic) bond motifs is 1. The third-order valence-electron chi connectivity index (χ3n) is 5.07. The second-order valence-electron chi connectivity index (χ2n) is 7.00. The van der Waals surface area contributed by atoms with E-state index >= 15 is 0 Å². The van der Waals surface area contributed by atoms with Gasteiger partial charge in [-0.25, -0.2) is 4.98 Å². The standard InChI is InChI=1S/C19H21N3O2S/c1-10-17(25-19(20-10)21-12(3)23)14-6-7-16-15(8-14)9-22(18(16)24)11(2)13-4-5-13/h6-8,11,13H,4-5,9H2,1-3H3,(H,20,21,23). The first-order chi connectivity index (χ1) is 11.9. The second-order valence-corrected chi connectivity index (χ2v) is 8.00. The zero-order valence-corrected chi connectivity index (χ0v) is 15.4. The molecule has 2 aromatic rings. The molecule has 1 unspecified atom stereocenters. The van der Waals surface area contributed by atoms with Gasteiger partial charge in [-0.3, -0.25) is 9.59 Å². The molecular formula is C19H21N3O2S. The average Bonchev–Trinajstić information content (AvgIpc) is 3.28. The number of rotatable bonds is 4. The van der Waals surface area contributed by atoms with Gasteiger partial charge in [0.1, 0.15) is 0 Å². The summed E-state index contributed by atoms with van der Waals surface area (Å²) < 4.78 is 0. The smallest absolute Gasteiger partial charge is 0.254 e. The first-order valence-electron chi connectivity index (χ1n) is 8.63. The minimum atomic E-state index is -0.121. The van der Waals surface area contributed by atoms with E-state index in [0.29, 0.717) is 23.6 Å². The summed E-state index contributed by atoms with van der Waals surface area (Å²) in [6, 6.07) is 6.34. The van der Waals surface area contributed by atoms with E-state index < -0.39 is 0 Å². The predicted molar refractivity (Wildman–Crippen MR) is 98.7 cm³/mol. The molecule has 0 saturated heterocycles. The van der Waals surface area contributed by atoms with E-state index in [4.69, 9.17) is 0 Å². The highest BCUT2D eigenvalue weighted by atomic mass is 32.1. The third-order valence-corrected chi connectivity index (χ3v) is 6.20. The van der Waals surface area contributed by atoms with Gasteiger partial charge < -0.3 is 10.2 Å². The number of carbonyl (C=O) groups excluding carboxylic acids is 2. The number of amides is 2. The van der Waals surface area contributed by atoms with E-state index in [1.807, 2.05) is 24.0 Å². The average molecular weight is 355 g/mol. The first kappa shape index (κ1) is 16.3. The van der Waals surface area contributed by atoms with Crippen molar-refractivity contribution in [3.8, 4) is 10.4 Å². The molecule has 0 bridgehead atoms. The lowest BCUT2D eigenvalue weighted by Crippen LogP contribution is -2.34. The molecule has 4 rings (SSSR count). The van der Waals surface area contributed by atoms with Crippen LogP contribution in [-0.4, -0.2) is 27.7 Å². The van der Waals surface area contributed by atoms with Gasteiger partial charge in [0.15, 0.2) is 5.13 Å². The topological polar surface area (TPSA) is 62.3 Å². The number of anilines is 1. The largest absolute Gasteiger partial charge is 0.331 e. The maximum atomic E-state index is 12.7. The van der Waals surface area contributed by atoms with Crippen LogP contribution in [0.15, 0.2) is 18.2 Å². The van der Waals surface area contributed by atoms with Crippen LogP contribution in [0.1, 0.15) is 48.3 Å². The van der Waals surface area contributed by atoms with Gasteiger partial charge in [0.25, 0.3) is 5.91 Å². The molecule has 1 aromatic carbocycles. The summed E-state index contributed by atoms with van der Waals surface area (Å²) in [5.41, 5.74) is 3.85. The fraction of sp³-hybridized carbons (Fsp3) is 0.421. The van der Waals surface area contributed by atoms with Crippen LogP contribution in [0.2, 0.25) is 0 Å². The molecule has 130 valence electrons. The van der Waals surface area contributed by atoms with E-state index in [9.17, 15) is 9.59 Å². The molecular weight excluding hydrogens is 334 g/mol. The lowest BCUT2D eigenvalue weighted by Gasteiger charge is -2.23. The van der Waals surface area contributed by atoms with Crippen LogP contribution >= 0.6 is 11.3 Å². The predicted octanol–water partition coefficient (Wildman–Crippen LogP) is 3.83. The van der Waals surface area contributed by atoms with Crippen LogP contribution in [0, 0.1) is 12.8 Å². The Morgan fingerprint density at radius 1 is 1.40 bits per heavy atom. The second kappa shape index (κ2) is 5.95. The molecule has 0 spiro atoms. The summed E-state index contributed by atoms with van der Waals surface area (Å²) in [6.45, 7) is 6.27. The minimum Gasteiger partial charge on any atom is -0.331 e. The Morgan fingerprint density at radius 2 is 2.16 bits per heavy atom. The summed E-state index contributed by atoms with van der Waals surface area (Å²) in [5.74, 6) is 0.701. The van der Waals surface area contributed by atoms with Crippen molar-refractivity contribution in [3.63, 3.8) is 0 Å². The molecule has 1 fully saturated rings. The van der Waals surface area contributed by atoms with E-state index in [1.54, 1.807) is 0 Å². The van der Waals surface area contributed by atoms with Crippen molar-refractivity contribution in [1.82, 2.24) is 9.88 Å². The molecule has 0 radical (unpaired) electrons. The number of hydrogen-bond donors (Lipinski definition) is 1. The van der Waals surface area contributed by atoms with Gasteiger partial charge in [0, 0.05) is 25.1 Å². The molecule has 1 N–H and O–H groups in total. The Labute approximate surface area is 151 Å². The molecule has 5 nitrogen and oxygen atoms in total. The summed E-state index contributed by atoms with van der Waals surface area (Å²) >= 11 is 1.47. The maximum absolute atomic E-state index is 12.7. The van der Waals surface area contributed by atoms with E-state index in [2.05, 4.69) is 23.3 Å². The third kappa shape index (κ3) is 2.95. The number of thiazole rings is 1. The molecule has 1 aromatic heterocycles. The number of benzene rings is 1. The lowest BCUT2D eigenvalue weighted by atomic mass is 10.0. The van der Waals surface area contributed by atoms with Crippen molar-refractivity contribution in [1.29, 1.82) is 0 Å². The molecule has 2 amide bonds. The van der Waals surface area contributed by atoms with Gasteiger partial charge in [-0.2, -0.15) is 0 Å². The Bertz CT molecular complexity index is 870. The van der Waals surface area contributed by atoms with E-state index in [-0.39, 0.29) is 11.8 Å². The van der Waals surface area contributed by atoms with Crippen LogP contribution in [0.4, 0.5) is 5.13 Å². The Balaban J connectivity index is 1.63. The SMILES string of the molecule is CC(=O)Nc1nc(C)c(-c2ccc3c(c2)CN(C(C)C2CC2)C3=O)s1. The number of carbonyl (C=O) groups is 2. The molecule has 25 heavy (non-hydrogen) atoms. The zero-order valence-electron chi connectivity index (χ0n) is 14.6. The van der Waals surface area contributed by atoms with E-state index in [0.717, 1.165) is 27.3 Å². The molecule has 1 saturated carbocycles. The lowest BCUT2D eigenvalue weighted by molar-refractivity contribution is -0.114. The number of nitrogens with one attached hydrogen (secondary N) is 1. The maximum Gasteiger partial charge on any atom is 0.254 e. The molecule has 1 atom stereocenters. The van der Waals surface area contributed by atoms with Crippen molar-refractivity contribution in [2.75, 3.05) is 5.32 Å². The van der Waals surface area contributed by atoms with Gasteiger partial charge in [-0.05, 0) is 55.9 Å². The number of nitrogens with zero attached hydrogens (tertiary/aromatic N) is 2. The van der Waals surface area contributed by atoms with Gasteiger partial charge >= 0.3 is 0 Å². The molecule has 2 aliphatic rings. The highest BCUT2D eigenvalue weighted by Gasteiger charge is 2.38. The fourth-order valence-corrected chi connectivity index (χ4v) is 4.52. The van der Waals surface area contributed by atoms with Crippen LogP contribution in [0.25, 0.3) is 10.4 Å². The molecule has 2 heterocycles. The quantitative estimate of drug-likeness (QED) is 0.906. The summed E-state index contributed by atoms with van der Waals surface area (Å²) in [4.78, 5) is 31.4.